The number of sulfonamides is 1. The fraction of sp³-hybridized carbons (Fsp3) is 0.417. The zero-order valence-electron chi connectivity index (χ0n) is 18.5. The van der Waals surface area contributed by atoms with Gasteiger partial charge in [0, 0.05) is 6.54 Å². The number of imide groups is 1. The largest absolute Gasteiger partial charge is 0.447 e. The molecule has 0 aromatic heterocycles. The molecule has 3 atom stereocenters. The lowest BCUT2D eigenvalue weighted by molar-refractivity contribution is -0.134. The van der Waals surface area contributed by atoms with E-state index in [0.717, 1.165) is 11.1 Å². The first-order chi connectivity index (χ1) is 15.2. The number of cyclic esters (lactones) is 1. The van der Waals surface area contributed by atoms with Crippen LogP contribution < -0.4 is 0 Å². The lowest BCUT2D eigenvalue weighted by Gasteiger charge is -2.31. The van der Waals surface area contributed by atoms with Gasteiger partial charge in [0.15, 0.2) is 0 Å². The van der Waals surface area contributed by atoms with Gasteiger partial charge in [-0.3, -0.25) is 4.79 Å². The van der Waals surface area contributed by atoms with E-state index in [-0.39, 0.29) is 35.9 Å². The van der Waals surface area contributed by atoms with Crippen molar-refractivity contribution in [3.63, 3.8) is 0 Å². The molecule has 0 spiro atoms. The smallest absolute Gasteiger partial charge is 0.416 e. The van der Waals surface area contributed by atoms with Gasteiger partial charge in [-0.1, -0.05) is 61.9 Å². The van der Waals surface area contributed by atoms with Crippen LogP contribution in [-0.2, 0) is 19.6 Å². The molecule has 2 saturated heterocycles. The zero-order valence-corrected chi connectivity index (χ0v) is 19.3. The number of amides is 2. The summed E-state index contributed by atoms with van der Waals surface area (Å²) in [6, 6.07) is 14.8. The second kappa shape index (κ2) is 8.67. The van der Waals surface area contributed by atoms with Crippen molar-refractivity contribution in [2.75, 3.05) is 13.2 Å². The molecule has 0 unspecified atom stereocenters. The van der Waals surface area contributed by atoms with E-state index in [0.29, 0.717) is 6.42 Å². The van der Waals surface area contributed by atoms with Crippen molar-refractivity contribution in [1.29, 1.82) is 0 Å². The fourth-order valence-electron chi connectivity index (χ4n) is 4.55. The highest BCUT2D eigenvalue weighted by molar-refractivity contribution is 7.89. The van der Waals surface area contributed by atoms with E-state index < -0.39 is 28.1 Å². The average molecular weight is 457 g/mol. The first-order valence-electron chi connectivity index (χ1n) is 10.8. The highest BCUT2D eigenvalue weighted by atomic mass is 32.2. The molecule has 2 amide bonds. The maximum absolute atomic E-state index is 13.6. The Bertz CT molecular complexity index is 1100. The molecule has 32 heavy (non-hydrogen) atoms. The van der Waals surface area contributed by atoms with Crippen molar-refractivity contribution in [2.45, 2.75) is 44.2 Å². The maximum atomic E-state index is 13.6. The molecule has 2 heterocycles. The lowest BCUT2D eigenvalue weighted by atomic mass is 9.92. The Hall–Kier alpha value is -2.71. The summed E-state index contributed by atoms with van der Waals surface area (Å²) in [6.45, 7) is 6.13. The van der Waals surface area contributed by atoms with Gasteiger partial charge in [-0.2, -0.15) is 4.31 Å². The first-order valence-corrected chi connectivity index (χ1v) is 12.3. The number of hydrogen-bond acceptors (Lipinski definition) is 5. The minimum absolute atomic E-state index is 0.0365. The van der Waals surface area contributed by atoms with Gasteiger partial charge in [-0.05, 0) is 37.0 Å². The monoisotopic (exact) mass is 456 g/mol. The summed E-state index contributed by atoms with van der Waals surface area (Å²) in [5.41, 5.74) is 1.69. The highest BCUT2D eigenvalue weighted by Crippen LogP contribution is 2.42. The summed E-state index contributed by atoms with van der Waals surface area (Å²) < 4.78 is 33.7. The van der Waals surface area contributed by atoms with Gasteiger partial charge in [-0.25, -0.2) is 18.1 Å². The Morgan fingerprint density at radius 3 is 2.34 bits per heavy atom. The molecule has 0 aliphatic carbocycles. The zero-order chi connectivity index (χ0) is 23.0. The normalized spacial score (nSPS) is 24.2. The summed E-state index contributed by atoms with van der Waals surface area (Å²) >= 11 is 0. The van der Waals surface area contributed by atoms with E-state index in [1.807, 2.05) is 51.1 Å². The lowest BCUT2D eigenvalue weighted by Crippen LogP contribution is -2.46. The number of carbonyl (C=O) groups is 2. The molecule has 170 valence electrons. The molecule has 0 N–H and O–H groups in total. The van der Waals surface area contributed by atoms with Gasteiger partial charge in [0.2, 0.25) is 15.9 Å². The van der Waals surface area contributed by atoms with Crippen LogP contribution in [0.5, 0.6) is 0 Å². The van der Waals surface area contributed by atoms with E-state index in [1.54, 1.807) is 24.3 Å². The van der Waals surface area contributed by atoms with E-state index in [4.69, 9.17) is 4.74 Å². The molecule has 2 fully saturated rings. The number of carbonyl (C=O) groups excluding carboxylic acids is 2. The summed E-state index contributed by atoms with van der Waals surface area (Å²) in [4.78, 5) is 27.4. The van der Waals surface area contributed by atoms with Crippen molar-refractivity contribution >= 4 is 22.0 Å². The van der Waals surface area contributed by atoms with Crippen LogP contribution in [0.15, 0.2) is 59.5 Å². The van der Waals surface area contributed by atoms with Crippen LogP contribution in [0.1, 0.15) is 37.4 Å². The Balaban J connectivity index is 1.73. The second-order valence-electron chi connectivity index (χ2n) is 8.78. The van der Waals surface area contributed by atoms with Crippen LogP contribution in [-0.4, -0.2) is 48.8 Å². The second-order valence-corrected chi connectivity index (χ2v) is 10.7. The summed E-state index contributed by atoms with van der Waals surface area (Å²) in [6.07, 6.45) is -0.321. The van der Waals surface area contributed by atoms with Crippen molar-refractivity contribution < 1.29 is 22.7 Å². The van der Waals surface area contributed by atoms with Crippen molar-refractivity contribution in [1.82, 2.24) is 9.21 Å². The van der Waals surface area contributed by atoms with Gasteiger partial charge in [0.05, 0.1) is 22.9 Å². The summed E-state index contributed by atoms with van der Waals surface area (Å²) in [7, 11) is -3.84. The Morgan fingerprint density at radius 1 is 1.06 bits per heavy atom. The number of nitrogens with zero attached hydrogens (tertiary/aromatic N) is 2. The molecular formula is C24H28N2O5S. The van der Waals surface area contributed by atoms with Gasteiger partial charge in [-0.15, -0.1) is 0 Å². The Labute approximate surface area is 189 Å². The molecule has 7 nitrogen and oxygen atoms in total. The van der Waals surface area contributed by atoms with Crippen LogP contribution in [0, 0.1) is 18.8 Å². The minimum Gasteiger partial charge on any atom is -0.447 e. The highest BCUT2D eigenvalue weighted by Gasteiger charge is 2.50. The average Bonchev–Trinajstić information content (AvgIpc) is 3.39. The predicted octanol–water partition coefficient (Wildman–Crippen LogP) is 3.75. The fourth-order valence-corrected chi connectivity index (χ4v) is 6.21. The quantitative estimate of drug-likeness (QED) is 0.684. The van der Waals surface area contributed by atoms with Crippen molar-refractivity contribution in [3.8, 4) is 0 Å². The third kappa shape index (κ3) is 3.93. The van der Waals surface area contributed by atoms with Crippen LogP contribution in [0.2, 0.25) is 0 Å². The summed E-state index contributed by atoms with van der Waals surface area (Å²) in [5, 5.41) is 0. The Morgan fingerprint density at radius 2 is 1.72 bits per heavy atom. The maximum Gasteiger partial charge on any atom is 0.416 e. The van der Waals surface area contributed by atoms with E-state index >= 15 is 0 Å². The summed E-state index contributed by atoms with van der Waals surface area (Å²) in [5.74, 6) is -1.01. The topological polar surface area (TPSA) is 84.0 Å². The number of ether oxygens (including phenoxy) is 1. The van der Waals surface area contributed by atoms with Crippen LogP contribution >= 0.6 is 0 Å². The van der Waals surface area contributed by atoms with Gasteiger partial charge >= 0.3 is 6.09 Å². The number of hydrogen-bond donors (Lipinski definition) is 0. The van der Waals surface area contributed by atoms with Crippen molar-refractivity contribution in [3.05, 3.63) is 65.7 Å². The molecule has 2 aromatic rings. The van der Waals surface area contributed by atoms with E-state index in [2.05, 4.69) is 0 Å². The molecular weight excluding hydrogens is 428 g/mol. The van der Waals surface area contributed by atoms with Crippen LogP contribution in [0.3, 0.4) is 0 Å². The van der Waals surface area contributed by atoms with Gasteiger partial charge < -0.3 is 4.74 Å². The third-order valence-corrected chi connectivity index (χ3v) is 8.25. The molecule has 0 radical (unpaired) electrons. The number of benzene rings is 2. The first kappa shape index (κ1) is 22.5. The Kier molecular flexibility index (Phi) is 6.09. The molecule has 2 aliphatic rings. The molecule has 4 rings (SSSR count). The van der Waals surface area contributed by atoms with E-state index in [9.17, 15) is 18.0 Å². The third-order valence-electron chi connectivity index (χ3n) is 6.35. The van der Waals surface area contributed by atoms with Crippen LogP contribution in [0.25, 0.3) is 0 Å². The van der Waals surface area contributed by atoms with Gasteiger partial charge in [0.1, 0.15) is 6.61 Å². The van der Waals surface area contributed by atoms with Gasteiger partial charge in [0.25, 0.3) is 0 Å². The number of aryl methyl sites for hydroxylation is 1. The standard InChI is InChI=1S/C24H28N2O5S/c1-16(2)21-15-31-24(28)26(21)23(27)20-13-14-25(22(20)18-7-5-4-6-8-18)32(29,30)19-11-9-17(3)10-12-19/h4-12,16,20-22H,13-15H2,1-3H3/t20-,21-,22-/m1/s1. The molecule has 0 bridgehead atoms. The molecule has 0 saturated carbocycles. The predicted molar refractivity (Wildman–Crippen MR) is 119 cm³/mol. The minimum atomic E-state index is -3.84. The van der Waals surface area contributed by atoms with Crippen LogP contribution in [0.4, 0.5) is 4.79 Å². The SMILES string of the molecule is Cc1ccc(S(=O)(=O)N2CC[C@@H](C(=O)N3C(=O)OC[C@@H]3C(C)C)[C@H]2c2ccccc2)cc1. The molecule has 8 heteroatoms. The molecule has 2 aliphatic heterocycles. The molecule has 2 aromatic carbocycles. The van der Waals surface area contributed by atoms with Crippen molar-refractivity contribution in [2.24, 2.45) is 11.8 Å². The van der Waals surface area contributed by atoms with E-state index in [1.165, 1.54) is 9.21 Å². The number of rotatable bonds is 5.